The van der Waals surface area contributed by atoms with Gasteiger partial charge in [-0.3, -0.25) is 10.1 Å². The first-order valence-corrected chi connectivity index (χ1v) is 7.01. The Morgan fingerprint density at radius 1 is 1.29 bits per heavy atom. The number of benzene rings is 1. The minimum atomic E-state index is -0.554. The number of hydrogen-bond donors (Lipinski definition) is 1. The quantitative estimate of drug-likeness (QED) is 0.535. The molecule has 1 unspecified atom stereocenters. The molecule has 7 heteroatoms. The number of aromatic nitrogens is 2. The Morgan fingerprint density at radius 2 is 2.05 bits per heavy atom. The predicted molar refractivity (Wildman–Crippen MR) is 79.6 cm³/mol. The van der Waals surface area contributed by atoms with Gasteiger partial charge in [0, 0.05) is 6.04 Å². The summed E-state index contributed by atoms with van der Waals surface area (Å²) < 4.78 is 0. The van der Waals surface area contributed by atoms with E-state index in [2.05, 4.69) is 27.4 Å². The van der Waals surface area contributed by atoms with Crippen molar-refractivity contribution in [1.29, 1.82) is 0 Å². The highest BCUT2D eigenvalue weighted by atomic mass is 35.5. The van der Waals surface area contributed by atoms with Crippen molar-refractivity contribution < 1.29 is 4.92 Å². The molecule has 108 valence electrons. The third-order valence-electron chi connectivity index (χ3n) is 3.65. The van der Waals surface area contributed by atoms with E-state index in [-0.39, 0.29) is 22.7 Å². The van der Waals surface area contributed by atoms with Crippen LogP contribution in [-0.2, 0) is 12.8 Å². The summed E-state index contributed by atoms with van der Waals surface area (Å²) in [6, 6.07) is 8.34. The summed E-state index contributed by atoms with van der Waals surface area (Å²) in [7, 11) is 0. The van der Waals surface area contributed by atoms with E-state index in [9.17, 15) is 10.1 Å². The lowest BCUT2D eigenvalue weighted by Gasteiger charge is -2.25. The maximum absolute atomic E-state index is 11.1. The summed E-state index contributed by atoms with van der Waals surface area (Å²) in [6.07, 6.45) is 3.89. The highest BCUT2D eigenvalue weighted by molar-refractivity contribution is 6.31. The Balaban J connectivity index is 1.83. The van der Waals surface area contributed by atoms with E-state index < -0.39 is 4.92 Å². The molecule has 1 aliphatic carbocycles. The van der Waals surface area contributed by atoms with Crippen molar-refractivity contribution in [2.24, 2.45) is 0 Å². The second-order valence-electron chi connectivity index (χ2n) is 4.97. The average Bonchev–Trinajstić information content (AvgIpc) is 2.47. The Morgan fingerprint density at radius 3 is 2.81 bits per heavy atom. The molecule has 0 aliphatic heterocycles. The van der Waals surface area contributed by atoms with Crippen LogP contribution in [0.5, 0.6) is 0 Å². The second kappa shape index (κ2) is 5.65. The lowest BCUT2D eigenvalue weighted by molar-refractivity contribution is -0.384. The summed E-state index contributed by atoms with van der Waals surface area (Å²) in [5.41, 5.74) is 2.34. The molecule has 0 radical (unpaired) electrons. The smallest absolute Gasteiger partial charge is 0.348 e. The van der Waals surface area contributed by atoms with Gasteiger partial charge in [-0.1, -0.05) is 35.9 Å². The standard InChI is InChI=1S/C14H13ClN4O2/c15-13-12(19(20)21)14(17-8-16-13)18-11-6-5-9-3-1-2-4-10(9)7-11/h1-4,8,11H,5-7H2,(H,16,17,18). The molecule has 21 heavy (non-hydrogen) atoms. The van der Waals surface area contributed by atoms with Gasteiger partial charge in [0.15, 0.2) is 0 Å². The summed E-state index contributed by atoms with van der Waals surface area (Å²) in [5, 5.41) is 14.1. The van der Waals surface area contributed by atoms with E-state index in [0.29, 0.717) is 0 Å². The monoisotopic (exact) mass is 304 g/mol. The molecule has 1 heterocycles. The van der Waals surface area contributed by atoms with E-state index in [0.717, 1.165) is 19.3 Å². The molecule has 0 saturated carbocycles. The molecule has 0 spiro atoms. The fourth-order valence-corrected chi connectivity index (χ4v) is 2.84. The van der Waals surface area contributed by atoms with Crippen molar-refractivity contribution in [2.75, 3.05) is 5.32 Å². The Bertz CT molecular complexity index is 692. The van der Waals surface area contributed by atoms with Crippen molar-refractivity contribution >= 4 is 23.1 Å². The van der Waals surface area contributed by atoms with Gasteiger partial charge < -0.3 is 5.32 Å². The number of hydrogen-bond acceptors (Lipinski definition) is 5. The zero-order chi connectivity index (χ0) is 14.8. The normalized spacial score (nSPS) is 17.1. The number of halogens is 1. The van der Waals surface area contributed by atoms with Crippen LogP contribution in [0.4, 0.5) is 11.5 Å². The van der Waals surface area contributed by atoms with Crippen LogP contribution in [0.3, 0.4) is 0 Å². The van der Waals surface area contributed by atoms with Crippen molar-refractivity contribution in [2.45, 2.75) is 25.3 Å². The first kappa shape index (κ1) is 13.8. The lowest BCUT2D eigenvalue weighted by Crippen LogP contribution is -2.28. The molecule has 6 nitrogen and oxygen atoms in total. The molecule has 1 atom stereocenters. The highest BCUT2D eigenvalue weighted by Gasteiger charge is 2.25. The SMILES string of the molecule is O=[N+]([O-])c1c(Cl)ncnc1NC1CCc2ccccc2C1. The van der Waals surface area contributed by atoms with Gasteiger partial charge in [0.2, 0.25) is 11.0 Å². The number of nitrogens with zero attached hydrogens (tertiary/aromatic N) is 3. The fraction of sp³-hybridized carbons (Fsp3) is 0.286. The van der Waals surface area contributed by atoms with E-state index in [1.165, 1.54) is 17.5 Å². The number of nitrogens with one attached hydrogen (secondary N) is 1. The molecule has 1 aromatic heterocycles. The molecule has 0 amide bonds. The minimum Gasteiger partial charge on any atom is -0.361 e. The zero-order valence-electron chi connectivity index (χ0n) is 11.1. The Labute approximate surface area is 126 Å². The summed E-state index contributed by atoms with van der Waals surface area (Å²) in [5.74, 6) is 0.185. The molecule has 0 saturated heterocycles. The summed E-state index contributed by atoms with van der Waals surface area (Å²) in [4.78, 5) is 18.2. The van der Waals surface area contributed by atoms with E-state index in [1.807, 2.05) is 12.1 Å². The zero-order valence-corrected chi connectivity index (χ0v) is 11.9. The lowest BCUT2D eigenvalue weighted by atomic mass is 9.88. The number of rotatable bonds is 3. The summed E-state index contributed by atoms with van der Waals surface area (Å²) in [6.45, 7) is 0. The third-order valence-corrected chi connectivity index (χ3v) is 3.92. The van der Waals surface area contributed by atoms with Crippen LogP contribution in [0.2, 0.25) is 5.15 Å². The topological polar surface area (TPSA) is 81.0 Å². The molecule has 1 aliphatic rings. The van der Waals surface area contributed by atoms with Crippen LogP contribution >= 0.6 is 11.6 Å². The van der Waals surface area contributed by atoms with Gasteiger partial charge in [0.05, 0.1) is 4.92 Å². The van der Waals surface area contributed by atoms with Crippen molar-refractivity contribution in [3.8, 4) is 0 Å². The van der Waals surface area contributed by atoms with Crippen LogP contribution in [0.1, 0.15) is 17.5 Å². The maximum Gasteiger partial charge on any atom is 0.348 e. The number of aryl methyl sites for hydroxylation is 1. The molecule has 3 rings (SSSR count). The van der Waals surface area contributed by atoms with Gasteiger partial charge in [0.1, 0.15) is 6.33 Å². The summed E-state index contributed by atoms with van der Waals surface area (Å²) >= 11 is 5.79. The number of anilines is 1. The van der Waals surface area contributed by atoms with Crippen molar-refractivity contribution in [3.05, 3.63) is 57.0 Å². The highest BCUT2D eigenvalue weighted by Crippen LogP contribution is 2.30. The first-order valence-electron chi connectivity index (χ1n) is 6.63. The molecule has 0 bridgehead atoms. The predicted octanol–water partition coefficient (Wildman–Crippen LogP) is 3.01. The number of nitro groups is 1. The van der Waals surface area contributed by atoms with E-state index >= 15 is 0 Å². The Kier molecular flexibility index (Phi) is 3.70. The molecular weight excluding hydrogens is 292 g/mol. The minimum absolute atomic E-state index is 0.101. The molecule has 0 fully saturated rings. The van der Waals surface area contributed by atoms with Gasteiger partial charge in [0.25, 0.3) is 0 Å². The van der Waals surface area contributed by atoms with Crippen molar-refractivity contribution in [3.63, 3.8) is 0 Å². The van der Waals surface area contributed by atoms with Gasteiger partial charge in [-0.2, -0.15) is 0 Å². The van der Waals surface area contributed by atoms with Gasteiger partial charge in [-0.15, -0.1) is 0 Å². The third kappa shape index (κ3) is 2.80. The van der Waals surface area contributed by atoms with Crippen LogP contribution in [0.25, 0.3) is 0 Å². The maximum atomic E-state index is 11.1. The first-order chi connectivity index (χ1) is 10.1. The van der Waals surface area contributed by atoms with Crippen LogP contribution in [-0.4, -0.2) is 20.9 Å². The van der Waals surface area contributed by atoms with Crippen LogP contribution in [0, 0.1) is 10.1 Å². The van der Waals surface area contributed by atoms with E-state index in [4.69, 9.17) is 11.6 Å². The van der Waals surface area contributed by atoms with Crippen molar-refractivity contribution in [1.82, 2.24) is 9.97 Å². The fourth-order valence-electron chi connectivity index (χ4n) is 2.64. The molecular formula is C14H13ClN4O2. The average molecular weight is 305 g/mol. The largest absolute Gasteiger partial charge is 0.361 e. The Hall–Kier alpha value is -2.21. The number of fused-ring (bicyclic) bond motifs is 1. The van der Waals surface area contributed by atoms with Gasteiger partial charge in [-0.05, 0) is 30.4 Å². The van der Waals surface area contributed by atoms with E-state index in [1.54, 1.807) is 0 Å². The van der Waals surface area contributed by atoms with Crippen LogP contribution < -0.4 is 5.32 Å². The van der Waals surface area contributed by atoms with Crippen LogP contribution in [0.15, 0.2) is 30.6 Å². The second-order valence-corrected chi connectivity index (χ2v) is 5.33. The molecule has 1 aromatic carbocycles. The van der Waals surface area contributed by atoms with Gasteiger partial charge >= 0.3 is 5.69 Å². The molecule has 1 N–H and O–H groups in total. The van der Waals surface area contributed by atoms with Gasteiger partial charge in [-0.25, -0.2) is 9.97 Å². The molecule has 2 aromatic rings.